The number of benzene rings is 1. The zero-order valence-electron chi connectivity index (χ0n) is 12.7. The molecule has 0 atom stereocenters. The van der Waals surface area contributed by atoms with Crippen LogP contribution in [0.3, 0.4) is 0 Å². The van der Waals surface area contributed by atoms with Crippen molar-refractivity contribution in [1.29, 1.82) is 0 Å². The third-order valence-electron chi connectivity index (χ3n) is 4.07. The van der Waals surface area contributed by atoms with Crippen LogP contribution >= 0.6 is 0 Å². The maximum atomic E-state index is 12.1. The number of aromatic nitrogens is 1. The first kappa shape index (κ1) is 14.7. The van der Waals surface area contributed by atoms with Crippen LogP contribution in [0.4, 0.5) is 0 Å². The number of hydrogen-bond donors (Lipinski definition) is 1. The predicted molar refractivity (Wildman–Crippen MR) is 86.4 cm³/mol. The number of amides is 1. The predicted octanol–water partition coefficient (Wildman–Crippen LogP) is 1.80. The molecule has 1 aromatic carbocycles. The van der Waals surface area contributed by atoms with Crippen molar-refractivity contribution < 1.29 is 4.79 Å². The van der Waals surface area contributed by atoms with Gasteiger partial charge in [-0.1, -0.05) is 30.3 Å². The van der Waals surface area contributed by atoms with Crippen molar-refractivity contribution in [3.05, 3.63) is 65.5 Å². The lowest BCUT2D eigenvalue weighted by Crippen LogP contribution is -2.38. The van der Waals surface area contributed by atoms with Gasteiger partial charge in [0, 0.05) is 19.3 Å². The minimum atomic E-state index is 0.0663. The molecule has 1 aliphatic heterocycles. The minimum Gasteiger partial charge on any atom is -0.349 e. The van der Waals surface area contributed by atoms with E-state index in [0.717, 1.165) is 31.6 Å². The summed E-state index contributed by atoms with van der Waals surface area (Å²) < 4.78 is 0. The number of carbonyl (C=O) groups is 1. The molecular weight excluding hydrogens is 274 g/mol. The van der Waals surface area contributed by atoms with E-state index < -0.39 is 0 Å². The van der Waals surface area contributed by atoms with Gasteiger partial charge in [-0.2, -0.15) is 0 Å². The first-order valence-corrected chi connectivity index (χ1v) is 7.77. The minimum absolute atomic E-state index is 0.0663. The monoisotopic (exact) mass is 295 g/mol. The molecule has 0 aliphatic carbocycles. The van der Waals surface area contributed by atoms with Gasteiger partial charge in [0.05, 0.1) is 18.8 Å². The van der Waals surface area contributed by atoms with Gasteiger partial charge in [0.2, 0.25) is 5.91 Å². The topological polar surface area (TPSA) is 45.2 Å². The highest BCUT2D eigenvalue weighted by atomic mass is 16.2. The molecular formula is C18H21N3O. The second kappa shape index (κ2) is 7.18. The molecule has 114 valence electrons. The molecule has 22 heavy (non-hydrogen) atoms. The smallest absolute Gasteiger partial charge is 0.234 e. The molecule has 1 N–H and O–H groups in total. The summed E-state index contributed by atoms with van der Waals surface area (Å²) in [5.41, 5.74) is 3.72. The lowest BCUT2D eigenvalue weighted by molar-refractivity contribution is -0.122. The number of fused-ring (bicyclic) bond motifs is 1. The van der Waals surface area contributed by atoms with E-state index >= 15 is 0 Å². The highest BCUT2D eigenvalue weighted by Crippen LogP contribution is 2.15. The number of nitrogens with zero attached hydrogens (tertiary/aromatic N) is 2. The number of carbonyl (C=O) groups excluding carboxylic acids is 1. The van der Waals surface area contributed by atoms with Crippen LogP contribution in [-0.4, -0.2) is 35.4 Å². The van der Waals surface area contributed by atoms with Crippen LogP contribution in [0.5, 0.6) is 0 Å². The Bertz CT molecular complexity index is 600. The van der Waals surface area contributed by atoms with Crippen LogP contribution in [0.1, 0.15) is 16.8 Å². The van der Waals surface area contributed by atoms with E-state index in [1.165, 1.54) is 11.1 Å². The molecule has 4 nitrogen and oxygen atoms in total. The maximum absolute atomic E-state index is 12.1. The van der Waals surface area contributed by atoms with Crippen LogP contribution in [0.2, 0.25) is 0 Å². The summed E-state index contributed by atoms with van der Waals surface area (Å²) in [4.78, 5) is 18.5. The molecule has 1 aliphatic rings. The second-order valence-corrected chi connectivity index (χ2v) is 5.64. The van der Waals surface area contributed by atoms with E-state index in [9.17, 15) is 4.79 Å². The Hall–Kier alpha value is -2.20. The quantitative estimate of drug-likeness (QED) is 0.935. The number of pyridine rings is 1. The fourth-order valence-electron chi connectivity index (χ4n) is 2.82. The summed E-state index contributed by atoms with van der Waals surface area (Å²) in [7, 11) is 0. The summed E-state index contributed by atoms with van der Waals surface area (Å²) in [6.07, 6.45) is 3.78. The summed E-state index contributed by atoms with van der Waals surface area (Å²) in [5.74, 6) is 0.0663. The van der Waals surface area contributed by atoms with Crippen LogP contribution in [0, 0.1) is 0 Å². The Labute approximate surface area is 131 Å². The Balaban J connectivity index is 1.48. The highest BCUT2D eigenvalue weighted by molar-refractivity contribution is 5.77. The normalized spacial score (nSPS) is 14.9. The van der Waals surface area contributed by atoms with Crippen molar-refractivity contribution in [3.63, 3.8) is 0 Å². The molecule has 0 saturated heterocycles. The fraction of sp³-hybridized carbons (Fsp3) is 0.333. The van der Waals surface area contributed by atoms with Crippen LogP contribution in [-0.2, 0) is 24.2 Å². The lowest BCUT2D eigenvalue weighted by Gasteiger charge is -2.18. The van der Waals surface area contributed by atoms with Gasteiger partial charge in [0.25, 0.3) is 0 Å². The average molecular weight is 295 g/mol. The lowest BCUT2D eigenvalue weighted by atomic mass is 10.0. The van der Waals surface area contributed by atoms with Gasteiger partial charge in [-0.05, 0) is 36.1 Å². The van der Waals surface area contributed by atoms with Crippen molar-refractivity contribution in [2.45, 2.75) is 19.4 Å². The van der Waals surface area contributed by atoms with Gasteiger partial charge in [0.15, 0.2) is 0 Å². The number of nitrogens with one attached hydrogen (secondary N) is 1. The third kappa shape index (κ3) is 3.92. The maximum Gasteiger partial charge on any atom is 0.234 e. The van der Waals surface area contributed by atoms with Gasteiger partial charge >= 0.3 is 0 Å². The van der Waals surface area contributed by atoms with E-state index in [0.29, 0.717) is 13.1 Å². The molecule has 0 radical (unpaired) electrons. The largest absolute Gasteiger partial charge is 0.349 e. The molecule has 0 bridgehead atoms. The van der Waals surface area contributed by atoms with E-state index in [-0.39, 0.29) is 5.91 Å². The SMILES string of the molecule is O=C(CN1CCc2ccccc2CC1)NCc1ccccn1. The third-order valence-corrected chi connectivity index (χ3v) is 4.07. The van der Waals surface area contributed by atoms with Crippen molar-refractivity contribution in [1.82, 2.24) is 15.2 Å². The molecule has 3 rings (SSSR count). The van der Waals surface area contributed by atoms with E-state index in [1.807, 2.05) is 18.2 Å². The van der Waals surface area contributed by atoms with E-state index in [1.54, 1.807) is 6.20 Å². The highest BCUT2D eigenvalue weighted by Gasteiger charge is 2.15. The van der Waals surface area contributed by atoms with Crippen molar-refractivity contribution in [2.75, 3.05) is 19.6 Å². The van der Waals surface area contributed by atoms with Crippen LogP contribution < -0.4 is 5.32 Å². The summed E-state index contributed by atoms with van der Waals surface area (Å²) >= 11 is 0. The fourth-order valence-corrected chi connectivity index (χ4v) is 2.82. The Morgan fingerprint density at radius 2 is 1.73 bits per heavy atom. The second-order valence-electron chi connectivity index (χ2n) is 5.64. The van der Waals surface area contributed by atoms with Crippen LogP contribution in [0.15, 0.2) is 48.7 Å². The van der Waals surface area contributed by atoms with Crippen LogP contribution in [0.25, 0.3) is 0 Å². The molecule has 0 unspecified atom stereocenters. The standard InChI is InChI=1S/C18H21N3O/c22-18(20-13-17-7-3-4-10-19-17)14-21-11-8-15-5-1-2-6-16(15)9-12-21/h1-7,10H,8-9,11-14H2,(H,20,22). The van der Waals surface area contributed by atoms with E-state index in [2.05, 4.69) is 39.5 Å². The van der Waals surface area contributed by atoms with Crippen molar-refractivity contribution in [3.8, 4) is 0 Å². The molecule has 4 heteroatoms. The van der Waals surface area contributed by atoms with Gasteiger partial charge < -0.3 is 5.32 Å². The summed E-state index contributed by atoms with van der Waals surface area (Å²) in [6, 6.07) is 14.3. The first-order valence-electron chi connectivity index (χ1n) is 7.77. The van der Waals surface area contributed by atoms with Gasteiger partial charge in [0.1, 0.15) is 0 Å². The molecule has 0 saturated carbocycles. The van der Waals surface area contributed by atoms with Gasteiger partial charge in [-0.25, -0.2) is 0 Å². The number of rotatable bonds is 4. The van der Waals surface area contributed by atoms with Gasteiger partial charge in [-0.3, -0.25) is 14.7 Å². The molecule has 2 aromatic rings. The zero-order valence-corrected chi connectivity index (χ0v) is 12.7. The molecule has 1 aromatic heterocycles. The Morgan fingerprint density at radius 3 is 2.36 bits per heavy atom. The van der Waals surface area contributed by atoms with Gasteiger partial charge in [-0.15, -0.1) is 0 Å². The molecule has 1 amide bonds. The summed E-state index contributed by atoms with van der Waals surface area (Å²) in [6.45, 7) is 2.83. The molecule has 0 spiro atoms. The first-order chi connectivity index (χ1) is 10.8. The van der Waals surface area contributed by atoms with E-state index in [4.69, 9.17) is 0 Å². The zero-order chi connectivity index (χ0) is 15.2. The van der Waals surface area contributed by atoms with Crippen molar-refractivity contribution in [2.24, 2.45) is 0 Å². The summed E-state index contributed by atoms with van der Waals surface area (Å²) in [5, 5.41) is 2.94. The Morgan fingerprint density at radius 1 is 1.05 bits per heavy atom. The molecule has 2 heterocycles. The van der Waals surface area contributed by atoms with Crippen molar-refractivity contribution >= 4 is 5.91 Å². The Kier molecular flexibility index (Phi) is 4.81. The number of hydrogen-bond acceptors (Lipinski definition) is 3. The average Bonchev–Trinajstić information content (AvgIpc) is 2.77. The molecule has 0 fully saturated rings.